The third-order valence-electron chi connectivity index (χ3n) is 2.73. The molecule has 0 spiro atoms. The number of hydrogen-bond donors (Lipinski definition) is 0. The Hall–Kier alpha value is -1.19. The predicted molar refractivity (Wildman–Crippen MR) is 72.8 cm³/mol. The van der Waals surface area contributed by atoms with Crippen molar-refractivity contribution in [2.24, 2.45) is 10.2 Å². The maximum absolute atomic E-state index is 12.8. The van der Waals surface area contributed by atoms with Crippen LogP contribution in [0.2, 0.25) is 0 Å². The number of hydrogen-bond acceptors (Lipinski definition) is 4. The van der Waals surface area contributed by atoms with Crippen LogP contribution >= 0.6 is 22.6 Å². The number of carbonyl (C=O) groups excluding carboxylic acids is 1. The molecule has 20 heavy (non-hydrogen) atoms. The molecule has 0 radical (unpaired) electrons. The molecule has 1 aromatic rings. The van der Waals surface area contributed by atoms with Crippen molar-refractivity contribution in [2.45, 2.75) is 18.3 Å². The molecule has 1 aliphatic heterocycles. The van der Waals surface area contributed by atoms with E-state index in [1.165, 1.54) is 24.3 Å². The quantitative estimate of drug-likeness (QED) is 0.328. The first-order valence-electron chi connectivity index (χ1n) is 5.75. The Kier molecular flexibility index (Phi) is 4.31. The third-order valence-corrected chi connectivity index (χ3v) is 3.49. The van der Waals surface area contributed by atoms with E-state index in [1.54, 1.807) is 0 Å². The minimum atomic E-state index is -4.56. The summed E-state index contributed by atoms with van der Waals surface area (Å²) in [4.78, 5) is 11.6. The standard InChI is InChI=1S/C12H10F3IN2O2/c13-12(14,15)11(17-18-11)9-4-2-8(3-5-9)10(19)20-7-1-6-16/h2-5H,1,6-7H2. The summed E-state index contributed by atoms with van der Waals surface area (Å²) in [5.74, 6) is -0.549. The van der Waals surface area contributed by atoms with E-state index in [2.05, 4.69) is 32.8 Å². The molecule has 2 rings (SSSR count). The van der Waals surface area contributed by atoms with Crippen molar-refractivity contribution in [1.82, 2.24) is 0 Å². The number of rotatable bonds is 5. The topological polar surface area (TPSA) is 51.0 Å². The van der Waals surface area contributed by atoms with E-state index in [0.29, 0.717) is 6.61 Å². The van der Waals surface area contributed by atoms with Crippen molar-refractivity contribution >= 4 is 28.6 Å². The Morgan fingerprint density at radius 3 is 2.30 bits per heavy atom. The van der Waals surface area contributed by atoms with Crippen LogP contribution in [0.1, 0.15) is 22.3 Å². The molecule has 0 saturated carbocycles. The first-order valence-corrected chi connectivity index (χ1v) is 7.28. The highest BCUT2D eigenvalue weighted by Crippen LogP contribution is 2.52. The summed E-state index contributed by atoms with van der Waals surface area (Å²) < 4.78 is 44.1. The van der Waals surface area contributed by atoms with Crippen LogP contribution in [0.3, 0.4) is 0 Å². The zero-order valence-corrected chi connectivity index (χ0v) is 12.3. The number of esters is 1. The van der Waals surface area contributed by atoms with Gasteiger partial charge in [-0.05, 0) is 18.6 Å². The molecular weight excluding hydrogens is 388 g/mol. The second-order valence-electron chi connectivity index (χ2n) is 4.13. The molecule has 108 valence electrons. The molecule has 0 aliphatic carbocycles. The van der Waals surface area contributed by atoms with E-state index in [9.17, 15) is 18.0 Å². The van der Waals surface area contributed by atoms with Crippen LogP contribution in [0.25, 0.3) is 0 Å². The van der Waals surface area contributed by atoms with E-state index < -0.39 is 17.8 Å². The lowest BCUT2D eigenvalue weighted by atomic mass is 10.0. The first-order chi connectivity index (χ1) is 9.40. The number of halogens is 4. The molecule has 0 atom stereocenters. The van der Waals surface area contributed by atoms with E-state index in [1.807, 2.05) is 0 Å². The van der Waals surface area contributed by atoms with Crippen molar-refractivity contribution in [3.8, 4) is 0 Å². The average molecular weight is 398 g/mol. The van der Waals surface area contributed by atoms with Crippen molar-refractivity contribution in [3.05, 3.63) is 35.4 Å². The number of carbonyl (C=O) groups is 1. The summed E-state index contributed by atoms with van der Waals surface area (Å²) >= 11 is 2.16. The Morgan fingerprint density at radius 1 is 1.25 bits per heavy atom. The lowest BCUT2D eigenvalue weighted by Crippen LogP contribution is -2.30. The maximum Gasteiger partial charge on any atom is 0.442 e. The normalized spacial score (nSPS) is 16.0. The van der Waals surface area contributed by atoms with Crippen LogP contribution < -0.4 is 0 Å². The van der Waals surface area contributed by atoms with Gasteiger partial charge in [-0.1, -0.05) is 34.7 Å². The predicted octanol–water partition coefficient (Wildman–Crippen LogP) is 3.85. The van der Waals surface area contributed by atoms with Gasteiger partial charge in [0, 0.05) is 9.99 Å². The fraction of sp³-hybridized carbons (Fsp3) is 0.417. The van der Waals surface area contributed by atoms with Crippen LogP contribution in [0.5, 0.6) is 0 Å². The molecule has 1 aromatic carbocycles. The van der Waals surface area contributed by atoms with Crippen molar-refractivity contribution in [1.29, 1.82) is 0 Å². The Labute approximate surface area is 126 Å². The van der Waals surface area contributed by atoms with Gasteiger partial charge >= 0.3 is 17.8 Å². The summed E-state index contributed by atoms with van der Waals surface area (Å²) in [7, 11) is 0. The first kappa shape index (κ1) is 15.2. The molecular formula is C12H10F3IN2O2. The highest BCUT2D eigenvalue weighted by molar-refractivity contribution is 14.1. The molecule has 0 fully saturated rings. The van der Waals surface area contributed by atoms with Gasteiger partial charge in [0.15, 0.2) is 0 Å². The molecule has 8 heteroatoms. The Bertz CT molecular complexity index is 522. The zero-order chi connectivity index (χ0) is 14.8. The van der Waals surface area contributed by atoms with Crippen LogP contribution in [0.15, 0.2) is 34.5 Å². The largest absolute Gasteiger partial charge is 0.462 e. The highest BCUT2D eigenvalue weighted by atomic mass is 127. The van der Waals surface area contributed by atoms with Gasteiger partial charge in [0.25, 0.3) is 0 Å². The average Bonchev–Trinajstić information content (AvgIpc) is 3.20. The van der Waals surface area contributed by atoms with Crippen LogP contribution in [-0.4, -0.2) is 23.2 Å². The monoisotopic (exact) mass is 398 g/mol. The van der Waals surface area contributed by atoms with Crippen LogP contribution in [0, 0.1) is 0 Å². The summed E-state index contributed by atoms with van der Waals surface area (Å²) in [6.07, 6.45) is -3.82. The zero-order valence-electron chi connectivity index (χ0n) is 10.2. The SMILES string of the molecule is O=C(OCCCI)c1ccc(C2(C(F)(F)F)N=N2)cc1. The fourth-order valence-corrected chi connectivity index (χ4v) is 1.90. The van der Waals surface area contributed by atoms with Gasteiger partial charge < -0.3 is 4.74 Å². The summed E-state index contributed by atoms with van der Waals surface area (Å²) in [6, 6.07) is 4.97. The van der Waals surface area contributed by atoms with Gasteiger partial charge in [0.1, 0.15) is 0 Å². The van der Waals surface area contributed by atoms with Gasteiger partial charge in [-0.15, -0.1) is 10.2 Å². The van der Waals surface area contributed by atoms with Gasteiger partial charge in [0.05, 0.1) is 12.2 Å². The molecule has 0 saturated heterocycles. The Balaban J connectivity index is 2.06. The second kappa shape index (κ2) is 5.66. The molecule has 0 amide bonds. The van der Waals surface area contributed by atoms with Gasteiger partial charge in [-0.3, -0.25) is 0 Å². The van der Waals surface area contributed by atoms with Gasteiger partial charge in [-0.25, -0.2) is 4.79 Å². The lowest BCUT2D eigenvalue weighted by molar-refractivity contribution is -0.166. The number of alkyl halides is 4. The van der Waals surface area contributed by atoms with E-state index in [-0.39, 0.29) is 11.1 Å². The number of ether oxygens (including phenoxy) is 1. The molecule has 0 N–H and O–H groups in total. The van der Waals surface area contributed by atoms with Crippen LogP contribution in [-0.2, 0) is 10.4 Å². The molecule has 4 nitrogen and oxygen atoms in total. The summed E-state index contributed by atoms with van der Waals surface area (Å²) in [6.45, 7) is 0.292. The smallest absolute Gasteiger partial charge is 0.442 e. The minimum absolute atomic E-state index is 0.103. The molecule has 1 heterocycles. The fourth-order valence-electron chi connectivity index (χ4n) is 1.58. The molecule has 0 bridgehead atoms. The Morgan fingerprint density at radius 2 is 1.85 bits per heavy atom. The maximum atomic E-state index is 12.8. The summed E-state index contributed by atoms with van der Waals surface area (Å²) in [5.41, 5.74) is -2.34. The van der Waals surface area contributed by atoms with Crippen LogP contribution in [0.4, 0.5) is 13.2 Å². The van der Waals surface area contributed by atoms with Crippen molar-refractivity contribution in [3.63, 3.8) is 0 Å². The summed E-state index contributed by atoms with van der Waals surface area (Å²) in [5, 5.41) is 6.19. The second-order valence-corrected chi connectivity index (χ2v) is 5.20. The van der Waals surface area contributed by atoms with Crippen molar-refractivity contribution < 1.29 is 22.7 Å². The van der Waals surface area contributed by atoms with Crippen molar-refractivity contribution in [2.75, 3.05) is 11.0 Å². The van der Waals surface area contributed by atoms with E-state index >= 15 is 0 Å². The molecule has 0 unspecified atom stereocenters. The lowest BCUT2D eigenvalue weighted by Gasteiger charge is -2.14. The van der Waals surface area contributed by atoms with Gasteiger partial charge in [-0.2, -0.15) is 13.2 Å². The van der Waals surface area contributed by atoms with Gasteiger partial charge in [0.2, 0.25) is 0 Å². The molecule has 1 aliphatic rings. The number of benzene rings is 1. The number of nitrogens with zero attached hydrogens (tertiary/aromatic N) is 2. The molecule has 0 aromatic heterocycles. The highest BCUT2D eigenvalue weighted by Gasteiger charge is 2.65. The van der Waals surface area contributed by atoms with E-state index in [4.69, 9.17) is 4.74 Å². The third kappa shape index (κ3) is 2.94. The minimum Gasteiger partial charge on any atom is -0.462 e. The van der Waals surface area contributed by atoms with E-state index in [0.717, 1.165) is 10.8 Å².